The van der Waals surface area contributed by atoms with Crippen LogP contribution >= 0.6 is 7.26 Å². The van der Waals surface area contributed by atoms with Crippen LogP contribution in [0.5, 0.6) is 5.75 Å². The molecule has 0 aliphatic heterocycles. The van der Waals surface area contributed by atoms with E-state index < -0.39 is 13.9 Å². The molecule has 0 saturated carbocycles. The molecule has 0 atom stereocenters. The van der Waals surface area contributed by atoms with E-state index in [0.717, 1.165) is 11.7 Å². The van der Waals surface area contributed by atoms with Crippen molar-refractivity contribution in [1.82, 2.24) is 0 Å². The number of hydrogen-bond acceptors (Lipinski definition) is 1. The molecular formula is C27H25F2OP. The summed E-state index contributed by atoms with van der Waals surface area (Å²) in [5.74, 6) is 0.426. The Balaban J connectivity index is 1.95. The fourth-order valence-electron chi connectivity index (χ4n) is 4.17. The molecule has 0 fully saturated rings. The summed E-state index contributed by atoms with van der Waals surface area (Å²) in [6.45, 7) is -0.494. The Morgan fingerprint density at radius 3 is 1.81 bits per heavy atom. The quantitative estimate of drug-likeness (QED) is 0.338. The van der Waals surface area contributed by atoms with Crippen LogP contribution in [0.2, 0.25) is 0 Å². The minimum absolute atomic E-state index is 0.0344. The SMILES string of the molecule is FCCOc1cccc([PH](Cc2ccc(F)cc2)(c2ccccc2)c2ccccc2)c1. The van der Waals surface area contributed by atoms with E-state index in [1.807, 2.05) is 42.5 Å². The van der Waals surface area contributed by atoms with E-state index in [1.54, 1.807) is 0 Å². The van der Waals surface area contributed by atoms with Crippen molar-refractivity contribution >= 4 is 23.2 Å². The molecule has 4 heteroatoms. The van der Waals surface area contributed by atoms with E-state index in [9.17, 15) is 8.78 Å². The van der Waals surface area contributed by atoms with Gasteiger partial charge in [0.2, 0.25) is 0 Å². The van der Waals surface area contributed by atoms with Crippen LogP contribution in [-0.2, 0) is 6.16 Å². The fourth-order valence-corrected chi connectivity index (χ4v) is 8.92. The second-order valence-electron chi connectivity index (χ2n) is 7.51. The van der Waals surface area contributed by atoms with Gasteiger partial charge in [-0.3, -0.25) is 0 Å². The van der Waals surface area contributed by atoms with Crippen LogP contribution in [0.4, 0.5) is 8.78 Å². The Labute approximate surface area is 182 Å². The normalized spacial score (nSPS) is 11.8. The Kier molecular flexibility index (Phi) is 6.74. The molecule has 31 heavy (non-hydrogen) atoms. The van der Waals surface area contributed by atoms with E-state index >= 15 is 0 Å². The zero-order chi connectivity index (χ0) is 21.5. The molecule has 0 spiro atoms. The summed E-state index contributed by atoms with van der Waals surface area (Å²) in [6, 6.07) is 35.8. The molecule has 4 aromatic rings. The van der Waals surface area contributed by atoms with E-state index in [4.69, 9.17) is 4.74 Å². The first-order valence-corrected chi connectivity index (χ1v) is 12.6. The first kappa shape index (κ1) is 21.2. The molecule has 0 N–H and O–H groups in total. The second-order valence-corrected chi connectivity index (χ2v) is 11.4. The average molecular weight is 434 g/mol. The third-order valence-corrected chi connectivity index (χ3v) is 10.5. The van der Waals surface area contributed by atoms with Crippen LogP contribution in [0.1, 0.15) is 5.56 Å². The van der Waals surface area contributed by atoms with E-state index in [-0.39, 0.29) is 12.4 Å². The Morgan fingerprint density at radius 1 is 0.645 bits per heavy atom. The van der Waals surface area contributed by atoms with Crippen molar-refractivity contribution in [2.75, 3.05) is 13.3 Å². The molecule has 0 radical (unpaired) electrons. The number of hydrogen-bond donors (Lipinski definition) is 0. The maximum absolute atomic E-state index is 13.6. The van der Waals surface area contributed by atoms with Crippen LogP contribution in [-0.4, -0.2) is 13.3 Å². The molecule has 0 unspecified atom stereocenters. The van der Waals surface area contributed by atoms with Crippen molar-refractivity contribution in [2.45, 2.75) is 6.16 Å². The molecule has 0 bridgehead atoms. The van der Waals surface area contributed by atoms with Crippen molar-refractivity contribution in [1.29, 1.82) is 0 Å². The van der Waals surface area contributed by atoms with Crippen molar-refractivity contribution in [3.8, 4) is 5.75 Å². The van der Waals surface area contributed by atoms with Gasteiger partial charge in [0.25, 0.3) is 0 Å². The summed E-state index contributed by atoms with van der Waals surface area (Å²) in [7, 11) is -2.55. The first-order valence-electron chi connectivity index (χ1n) is 10.4. The molecule has 4 rings (SSSR count). The van der Waals surface area contributed by atoms with E-state index in [1.165, 1.54) is 28.0 Å². The van der Waals surface area contributed by atoms with E-state index in [0.29, 0.717) is 5.75 Å². The van der Waals surface area contributed by atoms with Gasteiger partial charge < -0.3 is 0 Å². The average Bonchev–Trinajstić information content (AvgIpc) is 2.84. The molecule has 0 aliphatic carbocycles. The number of alkyl halides is 1. The Bertz CT molecular complexity index is 1060. The Morgan fingerprint density at radius 2 is 1.23 bits per heavy atom. The predicted octanol–water partition coefficient (Wildman–Crippen LogP) is 5.40. The second kappa shape index (κ2) is 9.85. The molecule has 4 aromatic carbocycles. The van der Waals surface area contributed by atoms with E-state index in [2.05, 4.69) is 54.6 Å². The molecule has 0 aromatic heterocycles. The number of rotatable bonds is 8. The van der Waals surface area contributed by atoms with Gasteiger partial charge in [-0.2, -0.15) is 0 Å². The summed E-state index contributed by atoms with van der Waals surface area (Å²) in [5.41, 5.74) is 1.08. The van der Waals surface area contributed by atoms with Crippen molar-refractivity contribution in [3.63, 3.8) is 0 Å². The summed E-state index contributed by atoms with van der Waals surface area (Å²) in [6.07, 6.45) is 0.772. The molecule has 0 heterocycles. The van der Waals surface area contributed by atoms with Crippen molar-refractivity contribution in [2.24, 2.45) is 0 Å². The maximum atomic E-state index is 13.6. The van der Waals surface area contributed by atoms with Gasteiger partial charge in [-0.05, 0) is 0 Å². The standard InChI is InChI=1S/C27H25F2OP/c28-18-19-30-24-8-7-13-27(20-24)31(25-9-3-1-4-10-25,26-11-5-2-6-12-26)21-22-14-16-23(29)17-15-22/h1-17,20,31H,18-19,21H2. The monoisotopic (exact) mass is 434 g/mol. The van der Waals surface area contributed by atoms with Gasteiger partial charge in [0, 0.05) is 0 Å². The molecule has 0 amide bonds. The molecule has 1 nitrogen and oxygen atoms in total. The predicted molar refractivity (Wildman–Crippen MR) is 128 cm³/mol. The van der Waals surface area contributed by atoms with Crippen LogP contribution in [0.3, 0.4) is 0 Å². The van der Waals surface area contributed by atoms with Crippen molar-refractivity contribution in [3.05, 3.63) is 121 Å². The van der Waals surface area contributed by atoms with Gasteiger partial charge in [0.15, 0.2) is 0 Å². The number of benzene rings is 4. The van der Waals surface area contributed by atoms with Crippen molar-refractivity contribution < 1.29 is 13.5 Å². The fraction of sp³-hybridized carbons (Fsp3) is 0.111. The molecule has 0 saturated heterocycles. The minimum atomic E-state index is -2.55. The van der Waals surface area contributed by atoms with Crippen LogP contribution < -0.4 is 20.7 Å². The summed E-state index contributed by atoms with van der Waals surface area (Å²) in [4.78, 5) is 0. The molecule has 158 valence electrons. The topological polar surface area (TPSA) is 9.23 Å². The molecule has 0 aliphatic rings. The Hall–Kier alpha value is -3.03. The third-order valence-electron chi connectivity index (χ3n) is 5.59. The third kappa shape index (κ3) is 4.68. The summed E-state index contributed by atoms with van der Waals surface area (Å²) in [5, 5.41) is 3.69. The zero-order valence-electron chi connectivity index (χ0n) is 17.2. The summed E-state index contributed by atoms with van der Waals surface area (Å²) < 4.78 is 32.0. The van der Waals surface area contributed by atoms with Gasteiger partial charge in [-0.25, -0.2) is 0 Å². The number of halogens is 2. The van der Waals surface area contributed by atoms with Gasteiger partial charge in [-0.1, -0.05) is 0 Å². The van der Waals surface area contributed by atoms with Crippen LogP contribution in [0.15, 0.2) is 109 Å². The number of ether oxygens (including phenoxy) is 1. The van der Waals surface area contributed by atoms with Crippen LogP contribution in [0, 0.1) is 5.82 Å². The van der Waals surface area contributed by atoms with Gasteiger partial charge in [0.1, 0.15) is 0 Å². The van der Waals surface area contributed by atoms with Gasteiger partial charge in [-0.15, -0.1) is 0 Å². The molecular weight excluding hydrogens is 409 g/mol. The first-order chi connectivity index (χ1) is 15.2. The van der Waals surface area contributed by atoms with Gasteiger partial charge in [0.05, 0.1) is 0 Å². The zero-order valence-corrected chi connectivity index (χ0v) is 18.2. The van der Waals surface area contributed by atoms with Gasteiger partial charge >= 0.3 is 182 Å². The summed E-state index contributed by atoms with van der Waals surface area (Å²) >= 11 is 0. The van der Waals surface area contributed by atoms with Crippen LogP contribution in [0.25, 0.3) is 0 Å².